The van der Waals surface area contributed by atoms with Gasteiger partial charge in [0.2, 0.25) is 5.82 Å². The molecule has 5 heteroatoms. The highest BCUT2D eigenvalue weighted by Gasteiger charge is 2.10. The molecule has 0 fully saturated rings. The topological polar surface area (TPSA) is 58.7 Å². The highest BCUT2D eigenvalue weighted by Crippen LogP contribution is 2.08. The lowest BCUT2D eigenvalue weighted by Crippen LogP contribution is -2.14. The van der Waals surface area contributed by atoms with Gasteiger partial charge >= 0.3 is 0 Å². The molecule has 0 aliphatic heterocycles. The number of carbonyl (C=O) groups is 1. The average molecular weight is 243 g/mol. The van der Waals surface area contributed by atoms with Crippen LogP contribution in [0.2, 0.25) is 0 Å². The number of halogens is 1. The Bertz CT molecular complexity index is 607. The Kier molecular flexibility index (Phi) is 3.49. The fourth-order valence-electron chi connectivity index (χ4n) is 1.65. The van der Waals surface area contributed by atoms with Crippen LogP contribution in [0.5, 0.6) is 0 Å². The SMILES string of the molecule is N#Cc1nccn1CC(=O)Cc1ccccc1F. The van der Waals surface area contributed by atoms with Gasteiger partial charge in [-0.1, -0.05) is 18.2 Å². The molecule has 0 amide bonds. The summed E-state index contributed by atoms with van der Waals surface area (Å²) in [4.78, 5) is 15.6. The molecule has 90 valence electrons. The second-order valence-electron chi connectivity index (χ2n) is 3.80. The Morgan fingerprint density at radius 3 is 2.94 bits per heavy atom. The van der Waals surface area contributed by atoms with Gasteiger partial charge in [-0.3, -0.25) is 4.79 Å². The van der Waals surface area contributed by atoms with Crippen molar-refractivity contribution in [2.75, 3.05) is 0 Å². The van der Waals surface area contributed by atoms with Crippen LogP contribution in [0.4, 0.5) is 4.39 Å². The fourth-order valence-corrected chi connectivity index (χ4v) is 1.65. The van der Waals surface area contributed by atoms with Crippen LogP contribution in [0.15, 0.2) is 36.7 Å². The molecule has 0 radical (unpaired) electrons. The van der Waals surface area contributed by atoms with E-state index in [1.165, 1.54) is 16.8 Å². The number of carbonyl (C=O) groups excluding carboxylic acids is 1. The Morgan fingerprint density at radius 2 is 2.22 bits per heavy atom. The number of nitrogens with zero attached hydrogens (tertiary/aromatic N) is 3. The highest BCUT2D eigenvalue weighted by molar-refractivity contribution is 5.80. The summed E-state index contributed by atoms with van der Waals surface area (Å²) in [6.07, 6.45) is 3.02. The monoisotopic (exact) mass is 243 g/mol. The lowest BCUT2D eigenvalue weighted by molar-refractivity contribution is -0.119. The molecule has 0 spiro atoms. The van der Waals surface area contributed by atoms with Crippen molar-refractivity contribution in [1.82, 2.24) is 9.55 Å². The van der Waals surface area contributed by atoms with Crippen LogP contribution < -0.4 is 0 Å². The van der Waals surface area contributed by atoms with Gasteiger partial charge < -0.3 is 4.57 Å². The number of hydrogen-bond acceptors (Lipinski definition) is 3. The number of rotatable bonds is 4. The van der Waals surface area contributed by atoms with E-state index in [0.29, 0.717) is 5.56 Å². The zero-order valence-corrected chi connectivity index (χ0v) is 9.51. The van der Waals surface area contributed by atoms with Crippen molar-refractivity contribution in [3.05, 3.63) is 53.9 Å². The van der Waals surface area contributed by atoms with E-state index in [4.69, 9.17) is 5.26 Å². The predicted octanol–water partition coefficient (Wildman–Crippen LogP) is 1.71. The molecule has 1 aromatic heterocycles. The quantitative estimate of drug-likeness (QED) is 0.821. The average Bonchev–Trinajstić information content (AvgIpc) is 2.79. The van der Waals surface area contributed by atoms with Crippen molar-refractivity contribution in [2.45, 2.75) is 13.0 Å². The van der Waals surface area contributed by atoms with E-state index in [2.05, 4.69) is 4.98 Å². The molecule has 2 rings (SSSR count). The molecule has 0 atom stereocenters. The lowest BCUT2D eigenvalue weighted by Gasteiger charge is -2.04. The first kappa shape index (κ1) is 12.0. The second-order valence-corrected chi connectivity index (χ2v) is 3.80. The fraction of sp³-hybridized carbons (Fsp3) is 0.154. The van der Waals surface area contributed by atoms with Crippen molar-refractivity contribution in [3.63, 3.8) is 0 Å². The Labute approximate surface area is 103 Å². The van der Waals surface area contributed by atoms with E-state index in [9.17, 15) is 9.18 Å². The van der Waals surface area contributed by atoms with Crippen LogP contribution in [0.1, 0.15) is 11.4 Å². The number of nitriles is 1. The first-order valence-corrected chi connectivity index (χ1v) is 5.37. The van der Waals surface area contributed by atoms with Gasteiger partial charge in [-0.05, 0) is 11.6 Å². The third-order valence-corrected chi connectivity index (χ3v) is 2.51. The Balaban J connectivity index is 2.06. The summed E-state index contributed by atoms with van der Waals surface area (Å²) < 4.78 is 14.8. The number of ketones is 1. The summed E-state index contributed by atoms with van der Waals surface area (Å²) in [5, 5.41) is 8.75. The molecule has 1 aromatic carbocycles. The molecule has 0 bridgehead atoms. The van der Waals surface area contributed by atoms with Crippen molar-refractivity contribution in [1.29, 1.82) is 5.26 Å². The summed E-state index contributed by atoms with van der Waals surface area (Å²) in [6, 6.07) is 8.04. The number of imidazole rings is 1. The molecule has 0 saturated heterocycles. The predicted molar refractivity (Wildman–Crippen MR) is 62.1 cm³/mol. The maximum absolute atomic E-state index is 13.4. The minimum atomic E-state index is -0.392. The Morgan fingerprint density at radius 1 is 1.44 bits per heavy atom. The van der Waals surface area contributed by atoms with Gasteiger partial charge in [-0.15, -0.1) is 0 Å². The molecule has 18 heavy (non-hydrogen) atoms. The van der Waals surface area contributed by atoms with Gasteiger partial charge in [0.05, 0.1) is 6.54 Å². The van der Waals surface area contributed by atoms with Crippen molar-refractivity contribution in [2.24, 2.45) is 0 Å². The molecule has 0 unspecified atom stereocenters. The van der Waals surface area contributed by atoms with Crippen molar-refractivity contribution in [3.8, 4) is 6.07 Å². The third-order valence-electron chi connectivity index (χ3n) is 2.51. The van der Waals surface area contributed by atoms with E-state index in [-0.39, 0.29) is 24.6 Å². The van der Waals surface area contributed by atoms with E-state index in [1.807, 2.05) is 6.07 Å². The van der Waals surface area contributed by atoms with Crippen molar-refractivity contribution < 1.29 is 9.18 Å². The first-order chi connectivity index (χ1) is 8.70. The van der Waals surface area contributed by atoms with E-state index < -0.39 is 5.82 Å². The van der Waals surface area contributed by atoms with Gasteiger partial charge in [0.25, 0.3) is 0 Å². The molecule has 4 nitrogen and oxygen atoms in total. The number of hydrogen-bond donors (Lipinski definition) is 0. The van der Waals surface area contributed by atoms with Crippen LogP contribution >= 0.6 is 0 Å². The third kappa shape index (κ3) is 2.61. The summed E-state index contributed by atoms with van der Waals surface area (Å²) in [5.74, 6) is -0.386. The molecule has 0 aliphatic carbocycles. The van der Waals surface area contributed by atoms with Gasteiger partial charge in [-0.2, -0.15) is 5.26 Å². The van der Waals surface area contributed by atoms with E-state index >= 15 is 0 Å². The van der Waals surface area contributed by atoms with Crippen LogP contribution in [0.25, 0.3) is 0 Å². The summed E-state index contributed by atoms with van der Waals surface area (Å²) >= 11 is 0. The zero-order chi connectivity index (χ0) is 13.0. The number of aromatic nitrogens is 2. The maximum atomic E-state index is 13.4. The van der Waals surface area contributed by atoms with E-state index in [0.717, 1.165) is 0 Å². The largest absolute Gasteiger partial charge is 0.315 e. The molecule has 2 aromatic rings. The molecule has 0 saturated carbocycles. The van der Waals surface area contributed by atoms with Crippen LogP contribution in [0, 0.1) is 17.1 Å². The van der Waals surface area contributed by atoms with Gasteiger partial charge in [-0.25, -0.2) is 9.37 Å². The van der Waals surface area contributed by atoms with Gasteiger partial charge in [0, 0.05) is 18.8 Å². The summed E-state index contributed by atoms with van der Waals surface area (Å²) in [5.41, 5.74) is 0.362. The minimum Gasteiger partial charge on any atom is -0.315 e. The second kappa shape index (κ2) is 5.23. The smallest absolute Gasteiger partial charge is 0.213 e. The summed E-state index contributed by atoms with van der Waals surface area (Å²) in [7, 11) is 0. The highest BCUT2D eigenvalue weighted by atomic mass is 19.1. The lowest BCUT2D eigenvalue weighted by atomic mass is 10.1. The van der Waals surface area contributed by atoms with Crippen LogP contribution in [0.3, 0.4) is 0 Å². The van der Waals surface area contributed by atoms with Crippen LogP contribution in [-0.2, 0) is 17.8 Å². The van der Waals surface area contributed by atoms with Crippen LogP contribution in [-0.4, -0.2) is 15.3 Å². The summed E-state index contributed by atoms with van der Waals surface area (Å²) in [6.45, 7) is 0.0250. The van der Waals surface area contributed by atoms with E-state index in [1.54, 1.807) is 24.4 Å². The molecular formula is C13H10FN3O. The molecular weight excluding hydrogens is 233 g/mol. The minimum absolute atomic E-state index is 0.00964. The molecule has 1 heterocycles. The van der Waals surface area contributed by atoms with Gasteiger partial charge in [0.15, 0.2) is 5.78 Å². The maximum Gasteiger partial charge on any atom is 0.213 e. The molecule has 0 aliphatic rings. The van der Waals surface area contributed by atoms with Crippen molar-refractivity contribution >= 4 is 5.78 Å². The Hall–Kier alpha value is -2.48. The first-order valence-electron chi connectivity index (χ1n) is 5.37. The number of benzene rings is 1. The normalized spacial score (nSPS) is 10.0. The standard InChI is InChI=1S/C13H10FN3O/c14-12-4-2-1-3-10(12)7-11(18)9-17-6-5-16-13(17)8-15/h1-6H,7,9H2. The van der Waals surface area contributed by atoms with Gasteiger partial charge in [0.1, 0.15) is 11.9 Å². The zero-order valence-electron chi connectivity index (χ0n) is 9.51. The number of Topliss-reactive ketones (excluding diaryl/α,β-unsaturated/α-hetero) is 1. The molecule has 0 N–H and O–H groups in total.